The molecule has 12 heteroatoms. The lowest BCUT2D eigenvalue weighted by atomic mass is 10.1. The SMILES string of the molecule is C[C@H](Oc1noc(=O)[nH]1)[C@H]1CN(S(=O)(=O)C(=O)OCc2ccccc2)c2ccccc2O1. The van der Waals surface area contributed by atoms with E-state index in [-0.39, 0.29) is 30.6 Å². The van der Waals surface area contributed by atoms with Gasteiger partial charge in [0, 0.05) is 0 Å². The van der Waals surface area contributed by atoms with Crippen LogP contribution in [0.4, 0.5) is 10.5 Å². The van der Waals surface area contributed by atoms with Crippen LogP contribution in [-0.2, 0) is 21.4 Å². The number of benzene rings is 2. The third-order valence-electron chi connectivity index (χ3n) is 4.70. The van der Waals surface area contributed by atoms with Crippen molar-refractivity contribution in [2.75, 3.05) is 10.8 Å². The Hall–Kier alpha value is -3.80. The summed E-state index contributed by atoms with van der Waals surface area (Å²) in [5.41, 5.74) is 0.849. The fourth-order valence-corrected chi connectivity index (χ4v) is 4.24. The molecule has 0 spiro atoms. The zero-order chi connectivity index (χ0) is 22.7. The van der Waals surface area contributed by atoms with Crippen molar-refractivity contribution in [3.8, 4) is 11.8 Å². The largest absolute Gasteiger partial charge is 0.482 e. The van der Waals surface area contributed by atoms with E-state index in [1.807, 2.05) is 0 Å². The van der Waals surface area contributed by atoms with Crippen LogP contribution >= 0.6 is 0 Å². The van der Waals surface area contributed by atoms with Gasteiger partial charge in [-0.15, -0.1) is 0 Å². The number of ether oxygens (including phenoxy) is 3. The number of hydrogen-bond donors (Lipinski definition) is 1. The maximum Gasteiger partial charge on any atom is 0.445 e. The minimum absolute atomic E-state index is 0.179. The number of sulfonamides is 1. The first kappa shape index (κ1) is 21.4. The van der Waals surface area contributed by atoms with Crippen molar-refractivity contribution < 1.29 is 31.9 Å². The van der Waals surface area contributed by atoms with E-state index >= 15 is 0 Å². The van der Waals surface area contributed by atoms with Gasteiger partial charge in [0.1, 0.15) is 18.5 Å². The van der Waals surface area contributed by atoms with Crippen molar-refractivity contribution in [3.05, 3.63) is 70.7 Å². The van der Waals surface area contributed by atoms with Crippen LogP contribution in [-0.4, -0.2) is 42.6 Å². The molecule has 168 valence electrons. The predicted octanol–water partition coefficient (Wildman–Crippen LogP) is 2.06. The first-order valence-electron chi connectivity index (χ1n) is 9.56. The Morgan fingerprint density at radius 1 is 1.22 bits per heavy atom. The highest BCUT2D eigenvalue weighted by atomic mass is 32.2. The number of nitrogens with zero attached hydrogens (tertiary/aromatic N) is 2. The summed E-state index contributed by atoms with van der Waals surface area (Å²) in [7, 11) is -4.54. The molecule has 0 radical (unpaired) electrons. The average Bonchev–Trinajstić information content (AvgIpc) is 3.21. The van der Waals surface area contributed by atoms with Crippen LogP contribution in [0, 0.1) is 0 Å². The Labute approximate surface area is 182 Å². The molecule has 0 bridgehead atoms. The van der Waals surface area contributed by atoms with Crippen LogP contribution in [0.15, 0.2) is 63.9 Å². The number of aromatic nitrogens is 2. The third-order valence-corrected chi connectivity index (χ3v) is 6.17. The smallest absolute Gasteiger partial charge is 0.445 e. The molecule has 1 aliphatic rings. The van der Waals surface area contributed by atoms with Gasteiger partial charge in [-0.1, -0.05) is 42.5 Å². The van der Waals surface area contributed by atoms with Crippen molar-refractivity contribution in [1.82, 2.24) is 10.1 Å². The van der Waals surface area contributed by atoms with E-state index in [4.69, 9.17) is 14.2 Å². The molecule has 4 rings (SSSR count). The molecule has 2 atom stereocenters. The highest BCUT2D eigenvalue weighted by molar-refractivity contribution is 8.06. The molecule has 0 saturated heterocycles. The van der Waals surface area contributed by atoms with Crippen LogP contribution in [0.1, 0.15) is 12.5 Å². The van der Waals surface area contributed by atoms with Gasteiger partial charge in [-0.3, -0.25) is 8.83 Å². The van der Waals surface area contributed by atoms with Gasteiger partial charge >= 0.3 is 27.1 Å². The van der Waals surface area contributed by atoms with E-state index in [1.54, 1.807) is 55.5 Å². The summed E-state index contributed by atoms with van der Waals surface area (Å²) in [6, 6.07) is 14.9. The second-order valence-corrected chi connectivity index (χ2v) is 8.63. The number of para-hydroxylation sites is 2. The van der Waals surface area contributed by atoms with Gasteiger partial charge in [-0.05, 0) is 29.8 Å². The Bertz CT molecular complexity index is 1250. The minimum atomic E-state index is -4.54. The Morgan fingerprint density at radius 3 is 2.66 bits per heavy atom. The van der Waals surface area contributed by atoms with Crippen LogP contribution in [0.2, 0.25) is 0 Å². The summed E-state index contributed by atoms with van der Waals surface area (Å²) in [5.74, 6) is -0.556. The second kappa shape index (κ2) is 8.75. The van der Waals surface area contributed by atoms with Crippen LogP contribution in [0.25, 0.3) is 0 Å². The number of H-pyrrole nitrogens is 1. The van der Waals surface area contributed by atoms with E-state index in [2.05, 4.69) is 14.7 Å². The molecule has 1 aromatic heterocycles. The topological polar surface area (TPSA) is 141 Å². The zero-order valence-electron chi connectivity index (χ0n) is 16.8. The number of carbonyl (C=O) groups excluding carboxylic acids is 1. The van der Waals surface area contributed by atoms with Crippen LogP contribution in [0.3, 0.4) is 0 Å². The third kappa shape index (κ3) is 4.44. The van der Waals surface area contributed by atoms with Crippen molar-refractivity contribution in [3.63, 3.8) is 0 Å². The molecule has 2 aromatic carbocycles. The zero-order valence-corrected chi connectivity index (χ0v) is 17.7. The van der Waals surface area contributed by atoms with Gasteiger partial charge in [0.2, 0.25) is 0 Å². The van der Waals surface area contributed by atoms with Crippen LogP contribution < -0.4 is 19.5 Å². The van der Waals surface area contributed by atoms with Crippen molar-refractivity contribution >= 4 is 21.0 Å². The summed E-state index contributed by atoms with van der Waals surface area (Å²) in [6.45, 7) is 1.18. The van der Waals surface area contributed by atoms with Crippen LogP contribution in [0.5, 0.6) is 11.8 Å². The first-order chi connectivity index (χ1) is 15.3. The highest BCUT2D eigenvalue weighted by Gasteiger charge is 2.41. The number of fused-ring (bicyclic) bond motifs is 1. The lowest BCUT2D eigenvalue weighted by Gasteiger charge is -2.36. The molecule has 1 aliphatic heterocycles. The molecule has 2 heterocycles. The fraction of sp³-hybridized carbons (Fsp3) is 0.250. The molecule has 32 heavy (non-hydrogen) atoms. The molecule has 0 aliphatic carbocycles. The van der Waals surface area contributed by atoms with Gasteiger partial charge in [0.25, 0.3) is 0 Å². The van der Waals surface area contributed by atoms with E-state index in [0.717, 1.165) is 4.31 Å². The number of aromatic amines is 1. The number of anilines is 1. The molecule has 3 aromatic rings. The molecule has 0 fully saturated rings. The number of nitrogens with one attached hydrogen (secondary N) is 1. The summed E-state index contributed by atoms with van der Waals surface area (Å²) in [6.07, 6.45) is -1.59. The number of rotatable bonds is 6. The molecule has 11 nitrogen and oxygen atoms in total. The van der Waals surface area contributed by atoms with Crippen molar-refractivity contribution in [2.45, 2.75) is 25.7 Å². The Balaban J connectivity index is 1.55. The second-order valence-electron chi connectivity index (χ2n) is 6.91. The maximum atomic E-state index is 13.1. The van der Waals surface area contributed by atoms with Gasteiger partial charge < -0.3 is 14.2 Å². The van der Waals surface area contributed by atoms with E-state index in [1.165, 1.54) is 6.07 Å². The lowest BCUT2D eigenvalue weighted by Crippen LogP contribution is -2.51. The van der Waals surface area contributed by atoms with Crippen molar-refractivity contribution in [2.24, 2.45) is 0 Å². The predicted molar refractivity (Wildman–Crippen MR) is 111 cm³/mol. The maximum absolute atomic E-state index is 13.1. The summed E-state index contributed by atoms with van der Waals surface area (Å²) < 4.78 is 47.9. The number of carbonyl (C=O) groups is 1. The van der Waals surface area contributed by atoms with E-state index < -0.39 is 33.3 Å². The van der Waals surface area contributed by atoms with Gasteiger partial charge in [0.05, 0.1) is 12.2 Å². The molecular weight excluding hydrogens is 442 g/mol. The summed E-state index contributed by atoms with van der Waals surface area (Å²) >= 11 is 0. The first-order valence-corrected chi connectivity index (χ1v) is 11.0. The quantitative estimate of drug-likeness (QED) is 0.546. The average molecular weight is 461 g/mol. The van der Waals surface area contributed by atoms with Gasteiger partial charge in [0.15, 0.2) is 6.10 Å². The molecule has 0 saturated carbocycles. The van der Waals surface area contributed by atoms with Gasteiger partial charge in [-0.2, -0.15) is 8.42 Å². The molecule has 0 amide bonds. The summed E-state index contributed by atoms with van der Waals surface area (Å²) in [4.78, 5) is 25.9. The molecule has 1 N–H and O–H groups in total. The lowest BCUT2D eigenvalue weighted by molar-refractivity contribution is 0.0586. The van der Waals surface area contributed by atoms with E-state index in [9.17, 15) is 18.0 Å². The van der Waals surface area contributed by atoms with Gasteiger partial charge in [-0.25, -0.2) is 14.6 Å². The minimum Gasteiger partial charge on any atom is -0.482 e. The highest BCUT2D eigenvalue weighted by Crippen LogP contribution is 2.36. The Kier molecular flexibility index (Phi) is 5.86. The normalized spacial score (nSPS) is 16.5. The fourth-order valence-electron chi connectivity index (χ4n) is 3.10. The summed E-state index contributed by atoms with van der Waals surface area (Å²) in [5, 5.41) is 2.03. The van der Waals surface area contributed by atoms with E-state index in [0.29, 0.717) is 5.56 Å². The number of hydrogen-bond acceptors (Lipinski definition) is 9. The standard InChI is InChI=1S/C20H19N3O8S/c1-13(29-18-21-19(24)31-22-18)17-11-23(15-9-5-6-10-16(15)30-17)32(26,27)20(25)28-12-14-7-3-2-4-8-14/h2-10,13,17H,11-12H2,1H3,(H,21,22,24)/t13-,17+/m0/s1. The molecular formula is C20H19N3O8S. The van der Waals surface area contributed by atoms with Crippen molar-refractivity contribution in [1.29, 1.82) is 0 Å². The Morgan fingerprint density at radius 2 is 1.94 bits per heavy atom. The monoisotopic (exact) mass is 461 g/mol. The molecule has 0 unspecified atom stereocenters.